The van der Waals surface area contributed by atoms with E-state index in [0.29, 0.717) is 24.3 Å². The number of aliphatic hydroxyl groups excluding tert-OH is 3. The van der Waals surface area contributed by atoms with E-state index in [1.807, 2.05) is 0 Å². The molecule has 5 N–H and O–H groups in total. The van der Waals surface area contributed by atoms with Gasteiger partial charge in [0.05, 0.1) is 19.4 Å². The number of aliphatic hydroxyl groups is 3. The van der Waals surface area contributed by atoms with Gasteiger partial charge in [-0.25, -0.2) is 9.78 Å². The monoisotopic (exact) mass is 328 g/mol. The predicted octanol–water partition coefficient (Wildman–Crippen LogP) is -4.29. The molecule has 0 fully saturated rings. The summed E-state index contributed by atoms with van der Waals surface area (Å²) in [6.45, 7) is -0.354. The van der Waals surface area contributed by atoms with Gasteiger partial charge in [-0.15, -0.1) is 0 Å². The van der Waals surface area contributed by atoms with Gasteiger partial charge in [0, 0.05) is 14.1 Å². The van der Waals surface area contributed by atoms with E-state index >= 15 is 0 Å². The Morgan fingerprint density at radius 2 is 1.74 bits per heavy atom. The molecule has 23 heavy (non-hydrogen) atoms. The average molecular weight is 328 g/mol. The van der Waals surface area contributed by atoms with Crippen molar-refractivity contribution in [1.82, 2.24) is 18.7 Å². The van der Waals surface area contributed by atoms with E-state index in [9.17, 15) is 24.9 Å². The third kappa shape index (κ3) is 2.93. The molecule has 0 aliphatic carbocycles. The Labute approximate surface area is 131 Å². The Hall–Kier alpha value is -2.01. The Morgan fingerprint density at radius 3 is 2.30 bits per heavy atom. The highest BCUT2D eigenvalue weighted by Gasteiger charge is 2.31. The number of hydrogen-bond donors (Lipinski definition) is 4. The second-order valence-electron chi connectivity index (χ2n) is 5.65. The number of quaternary nitrogens is 1. The minimum atomic E-state index is -1.06. The summed E-state index contributed by atoms with van der Waals surface area (Å²) < 4.78 is 3.94. The quantitative estimate of drug-likeness (QED) is 0.406. The highest BCUT2D eigenvalue weighted by atomic mass is 16.3. The van der Waals surface area contributed by atoms with Gasteiger partial charge in [0.2, 0.25) is 0 Å². The van der Waals surface area contributed by atoms with Gasteiger partial charge in [-0.1, -0.05) is 0 Å². The second-order valence-corrected chi connectivity index (χ2v) is 5.65. The van der Waals surface area contributed by atoms with E-state index < -0.39 is 16.8 Å². The number of rotatable bonds is 7. The fourth-order valence-electron chi connectivity index (χ4n) is 2.42. The van der Waals surface area contributed by atoms with Crippen molar-refractivity contribution in [3.05, 3.63) is 27.2 Å². The van der Waals surface area contributed by atoms with Crippen LogP contribution in [0, 0.1) is 0 Å². The molecule has 0 unspecified atom stereocenters. The first-order valence-electron chi connectivity index (χ1n) is 7.18. The van der Waals surface area contributed by atoms with Crippen LogP contribution in [-0.4, -0.2) is 65.9 Å². The Morgan fingerprint density at radius 1 is 1.13 bits per heavy atom. The molecule has 10 heteroatoms. The van der Waals surface area contributed by atoms with Gasteiger partial charge in [0.25, 0.3) is 5.56 Å². The average Bonchev–Trinajstić information content (AvgIpc) is 2.99. The highest BCUT2D eigenvalue weighted by molar-refractivity contribution is 5.69. The van der Waals surface area contributed by atoms with Gasteiger partial charge < -0.3 is 25.2 Å². The zero-order chi connectivity index (χ0) is 17.2. The fraction of sp³-hybridized carbons (Fsp3) is 0.615. The maximum absolute atomic E-state index is 12.3. The van der Waals surface area contributed by atoms with Crippen molar-refractivity contribution in [1.29, 1.82) is 0 Å². The summed E-state index contributed by atoms with van der Waals surface area (Å²) in [6.07, 6.45) is 1.47. The van der Waals surface area contributed by atoms with Crippen LogP contribution in [0.4, 0.5) is 0 Å². The molecule has 0 aliphatic rings. The molecule has 0 bridgehead atoms. The van der Waals surface area contributed by atoms with Crippen molar-refractivity contribution < 1.29 is 20.6 Å². The van der Waals surface area contributed by atoms with Gasteiger partial charge in [0.1, 0.15) is 19.8 Å². The van der Waals surface area contributed by atoms with E-state index in [0.717, 1.165) is 4.57 Å². The highest BCUT2D eigenvalue weighted by Crippen LogP contribution is 2.04. The van der Waals surface area contributed by atoms with Gasteiger partial charge in [-0.2, -0.15) is 0 Å². The van der Waals surface area contributed by atoms with Crippen molar-refractivity contribution in [2.24, 2.45) is 14.1 Å². The zero-order valence-electron chi connectivity index (χ0n) is 13.1. The molecule has 0 amide bonds. The molecule has 10 nitrogen and oxygen atoms in total. The van der Waals surface area contributed by atoms with Crippen LogP contribution in [0.2, 0.25) is 0 Å². The molecule has 0 aromatic carbocycles. The standard InChI is InChI=1S/C13H21N5O5/c1-16-10-9(11(22)17(2)12(16)23)18(8-14-10)4-3-15-13(5-19,6-20)7-21/h8,15,19-21H,3-7H2,1-2H3/p+1. The topological polar surface area (TPSA) is 139 Å². The predicted molar refractivity (Wildman–Crippen MR) is 81.0 cm³/mol. The minimum Gasteiger partial charge on any atom is -0.390 e. The lowest BCUT2D eigenvalue weighted by atomic mass is 10.0. The first-order chi connectivity index (χ1) is 10.9. The molecular weight excluding hydrogens is 306 g/mol. The molecule has 0 atom stereocenters. The lowest BCUT2D eigenvalue weighted by molar-refractivity contribution is -0.733. The van der Waals surface area contributed by atoms with Crippen LogP contribution in [0.3, 0.4) is 0 Å². The van der Waals surface area contributed by atoms with E-state index in [4.69, 9.17) is 0 Å². The summed E-state index contributed by atoms with van der Waals surface area (Å²) >= 11 is 0. The number of nitrogens with two attached hydrogens (primary N) is 1. The molecule has 0 saturated heterocycles. The van der Waals surface area contributed by atoms with Crippen LogP contribution < -0.4 is 16.6 Å². The van der Waals surface area contributed by atoms with Crippen molar-refractivity contribution in [2.75, 3.05) is 26.4 Å². The van der Waals surface area contributed by atoms with Crippen LogP contribution >= 0.6 is 0 Å². The van der Waals surface area contributed by atoms with Crippen molar-refractivity contribution in [2.45, 2.75) is 12.1 Å². The van der Waals surface area contributed by atoms with Crippen molar-refractivity contribution >= 4 is 11.2 Å². The fourth-order valence-corrected chi connectivity index (χ4v) is 2.42. The van der Waals surface area contributed by atoms with Crippen molar-refractivity contribution in [3.8, 4) is 0 Å². The van der Waals surface area contributed by atoms with Crippen LogP contribution in [-0.2, 0) is 20.6 Å². The molecular formula is C13H22N5O5+. The molecule has 0 spiro atoms. The summed E-state index contributed by atoms with van der Waals surface area (Å²) in [5, 5.41) is 29.5. The Balaban J connectivity index is 2.29. The third-order valence-electron chi connectivity index (χ3n) is 4.11. The first-order valence-corrected chi connectivity index (χ1v) is 7.18. The molecule has 2 heterocycles. The van der Waals surface area contributed by atoms with Crippen LogP contribution in [0.15, 0.2) is 15.9 Å². The largest absolute Gasteiger partial charge is 0.390 e. The number of nitrogens with zero attached hydrogens (tertiary/aromatic N) is 4. The molecule has 2 aromatic heterocycles. The summed E-state index contributed by atoms with van der Waals surface area (Å²) in [5.41, 5.74) is -1.33. The lowest BCUT2D eigenvalue weighted by Crippen LogP contribution is -3.00. The number of aryl methyl sites for hydroxylation is 1. The van der Waals surface area contributed by atoms with E-state index in [-0.39, 0.29) is 19.8 Å². The lowest BCUT2D eigenvalue weighted by Gasteiger charge is -2.25. The van der Waals surface area contributed by atoms with Crippen LogP contribution in [0.1, 0.15) is 0 Å². The summed E-state index contributed by atoms with van der Waals surface area (Å²) in [5.74, 6) is 0. The van der Waals surface area contributed by atoms with Gasteiger partial charge in [0.15, 0.2) is 16.7 Å². The second kappa shape index (κ2) is 6.62. The molecule has 0 saturated carbocycles. The number of hydrogen-bond acceptors (Lipinski definition) is 6. The van der Waals surface area contributed by atoms with E-state index in [1.165, 1.54) is 17.9 Å². The zero-order valence-corrected chi connectivity index (χ0v) is 13.1. The number of aromatic nitrogens is 4. The summed E-state index contributed by atoms with van der Waals surface area (Å²) in [7, 11) is 2.95. The van der Waals surface area contributed by atoms with E-state index in [1.54, 1.807) is 16.9 Å². The summed E-state index contributed by atoms with van der Waals surface area (Å²) in [4.78, 5) is 28.2. The van der Waals surface area contributed by atoms with Gasteiger partial charge in [-0.3, -0.25) is 13.9 Å². The molecule has 128 valence electrons. The minimum absolute atomic E-state index is 0.302. The normalized spacial score (nSPS) is 12.2. The van der Waals surface area contributed by atoms with Gasteiger partial charge >= 0.3 is 5.69 Å². The van der Waals surface area contributed by atoms with Gasteiger partial charge in [-0.05, 0) is 0 Å². The molecule has 2 rings (SSSR count). The molecule has 2 aromatic rings. The van der Waals surface area contributed by atoms with Crippen LogP contribution in [0.25, 0.3) is 11.2 Å². The SMILES string of the molecule is Cn1c(=O)c2c(ncn2CC[NH2+]C(CO)(CO)CO)n(C)c1=O. The van der Waals surface area contributed by atoms with E-state index in [2.05, 4.69) is 4.98 Å². The number of fused-ring (bicyclic) bond motifs is 1. The molecule has 0 aliphatic heterocycles. The third-order valence-corrected chi connectivity index (χ3v) is 4.11. The maximum Gasteiger partial charge on any atom is 0.332 e. The first kappa shape index (κ1) is 17.3. The molecule has 0 radical (unpaired) electrons. The summed E-state index contributed by atoms with van der Waals surface area (Å²) in [6, 6.07) is 0. The number of imidazole rings is 1. The Kier molecular flexibility index (Phi) is 5.00. The smallest absolute Gasteiger partial charge is 0.332 e. The van der Waals surface area contributed by atoms with Crippen molar-refractivity contribution in [3.63, 3.8) is 0 Å². The Bertz CT molecular complexity index is 793. The van der Waals surface area contributed by atoms with Crippen LogP contribution in [0.5, 0.6) is 0 Å². The maximum atomic E-state index is 12.3.